The zero-order valence-electron chi connectivity index (χ0n) is 22.6. The van der Waals surface area contributed by atoms with Crippen molar-refractivity contribution in [2.45, 2.75) is 38.0 Å². The minimum Gasteiger partial charge on any atom is -0.404 e. The van der Waals surface area contributed by atoms with Gasteiger partial charge < -0.3 is 26.0 Å². The molecule has 0 bridgehead atoms. The van der Waals surface area contributed by atoms with Crippen LogP contribution in [0.2, 0.25) is 0 Å². The predicted molar refractivity (Wildman–Crippen MR) is 148 cm³/mol. The van der Waals surface area contributed by atoms with Crippen molar-refractivity contribution >= 4 is 35.1 Å². The summed E-state index contributed by atoms with van der Waals surface area (Å²) in [4.78, 5) is 35.3. The second kappa shape index (κ2) is 12.8. The second-order valence-electron chi connectivity index (χ2n) is 9.53. The van der Waals surface area contributed by atoms with E-state index in [1.807, 2.05) is 0 Å². The highest BCUT2D eigenvalue weighted by Crippen LogP contribution is 2.24. The Labute approximate surface area is 234 Å². The van der Waals surface area contributed by atoms with Gasteiger partial charge >= 0.3 is 12.2 Å². The van der Waals surface area contributed by atoms with E-state index < -0.39 is 24.8 Å². The lowest BCUT2D eigenvalue weighted by molar-refractivity contribution is -0.134. The van der Waals surface area contributed by atoms with Crippen molar-refractivity contribution in [1.29, 1.82) is 0 Å². The molecule has 41 heavy (non-hydrogen) atoms. The van der Waals surface area contributed by atoms with Gasteiger partial charge in [-0.3, -0.25) is 9.79 Å². The highest BCUT2D eigenvalue weighted by molar-refractivity contribution is 6.10. The Balaban J connectivity index is 1.46. The summed E-state index contributed by atoms with van der Waals surface area (Å²) in [5, 5.41) is 8.62. The first-order valence-electron chi connectivity index (χ1n) is 12.9. The number of nitrogens with zero attached hydrogens (tertiary/aromatic N) is 5. The number of fused-ring (bicyclic) bond motifs is 1. The number of aliphatic imine (C=N–C) groups is 1. The van der Waals surface area contributed by atoms with Crippen LogP contribution in [0.15, 0.2) is 53.9 Å². The molecule has 3 amide bonds. The number of nitrogens with one attached hydrogen (secondary N) is 2. The zero-order valence-corrected chi connectivity index (χ0v) is 22.6. The predicted octanol–water partition coefficient (Wildman–Crippen LogP) is 3.48. The van der Waals surface area contributed by atoms with Crippen LogP contribution >= 0.6 is 0 Å². The monoisotopic (exact) mass is 572 g/mol. The lowest BCUT2D eigenvalue weighted by Gasteiger charge is -2.32. The standard InChI is InChI=1S/C27H31F3N8O3/c1-17(25(39)37(2)22-6-8-41-9-7-22)32-13-20(12-31)19-11-24-33-15-23(38(24)35-14-19)18-4-3-5-21(10-18)36-26(40)34-16-27(28,29)30/h3-5,10-15,17,22H,6-9,16,31H2,1-2H3,(H2,34,36,40)/b20-12+,32-13?. The van der Waals surface area contributed by atoms with Crippen LogP contribution in [0.25, 0.3) is 22.5 Å². The number of hydrogen-bond donors (Lipinski definition) is 3. The SMILES string of the molecule is CC(N=C/C(=C\N)c1cnn2c(-c3cccc(NC(=O)NCC(F)(F)F)c3)cnc2c1)C(=O)N(C)C1CCOCC1. The van der Waals surface area contributed by atoms with Gasteiger partial charge in [-0.2, -0.15) is 18.3 Å². The van der Waals surface area contributed by atoms with Gasteiger partial charge in [0.05, 0.1) is 18.1 Å². The molecule has 1 aromatic carbocycles. The van der Waals surface area contributed by atoms with Crippen molar-refractivity contribution < 1.29 is 27.5 Å². The smallest absolute Gasteiger partial charge is 0.404 e. The third kappa shape index (κ3) is 7.60. The molecular weight excluding hydrogens is 541 g/mol. The number of ether oxygens (including phenoxy) is 1. The number of urea groups is 1. The van der Waals surface area contributed by atoms with Crippen LogP contribution in [0, 0.1) is 0 Å². The van der Waals surface area contributed by atoms with E-state index in [4.69, 9.17) is 10.5 Å². The van der Waals surface area contributed by atoms with E-state index in [1.54, 1.807) is 71.4 Å². The number of imidazole rings is 1. The Hall–Kier alpha value is -4.46. The number of carbonyl (C=O) groups is 2. The fraction of sp³-hybridized carbons (Fsp3) is 0.370. The molecule has 1 unspecified atom stereocenters. The van der Waals surface area contributed by atoms with Crippen molar-refractivity contribution in [2.24, 2.45) is 10.7 Å². The molecule has 0 saturated carbocycles. The fourth-order valence-electron chi connectivity index (χ4n) is 4.36. The fourth-order valence-corrected chi connectivity index (χ4v) is 4.36. The summed E-state index contributed by atoms with van der Waals surface area (Å²) in [6.45, 7) is 1.56. The molecule has 2 aromatic heterocycles. The van der Waals surface area contributed by atoms with Crippen LogP contribution < -0.4 is 16.4 Å². The van der Waals surface area contributed by atoms with Gasteiger partial charge in [-0.25, -0.2) is 14.3 Å². The number of alkyl halides is 3. The summed E-state index contributed by atoms with van der Waals surface area (Å²) in [5.41, 5.74) is 9.06. The molecule has 14 heteroatoms. The van der Waals surface area contributed by atoms with Crippen molar-refractivity contribution in [3.05, 3.63) is 54.5 Å². The van der Waals surface area contributed by atoms with Crippen molar-refractivity contribution in [3.63, 3.8) is 0 Å². The highest BCUT2D eigenvalue weighted by Gasteiger charge is 2.28. The van der Waals surface area contributed by atoms with E-state index in [0.29, 0.717) is 46.9 Å². The Morgan fingerprint density at radius 1 is 1.27 bits per heavy atom. The number of halogens is 3. The van der Waals surface area contributed by atoms with Crippen molar-refractivity contribution in [3.8, 4) is 11.3 Å². The number of hydrogen-bond acceptors (Lipinski definition) is 7. The Bertz CT molecular complexity index is 1450. The second-order valence-corrected chi connectivity index (χ2v) is 9.53. The van der Waals surface area contributed by atoms with Gasteiger partial charge in [0.25, 0.3) is 0 Å². The molecule has 4 N–H and O–H groups in total. The van der Waals surface area contributed by atoms with Crippen LogP contribution in [-0.4, -0.2) is 82.7 Å². The van der Waals surface area contributed by atoms with Crippen molar-refractivity contribution in [2.75, 3.05) is 32.1 Å². The molecule has 3 heterocycles. The molecule has 3 aromatic rings. The number of likely N-dealkylation sites (N-methyl/N-ethyl adjacent to an activating group) is 1. The van der Waals surface area contributed by atoms with Crippen LogP contribution in [0.4, 0.5) is 23.7 Å². The highest BCUT2D eigenvalue weighted by atomic mass is 19.4. The maximum atomic E-state index is 12.9. The molecule has 0 radical (unpaired) electrons. The number of allylic oxidation sites excluding steroid dienone is 1. The molecule has 1 atom stereocenters. The van der Waals surface area contributed by atoms with Gasteiger partial charge in [0.2, 0.25) is 5.91 Å². The quantitative estimate of drug-likeness (QED) is 0.353. The van der Waals surface area contributed by atoms with E-state index in [-0.39, 0.29) is 11.9 Å². The molecule has 1 aliphatic rings. The third-order valence-electron chi connectivity index (χ3n) is 6.62. The lowest BCUT2D eigenvalue weighted by atomic mass is 10.1. The Kier molecular flexibility index (Phi) is 9.22. The normalized spacial score (nSPS) is 15.7. The average molecular weight is 573 g/mol. The Morgan fingerprint density at radius 2 is 2.02 bits per heavy atom. The first-order valence-corrected chi connectivity index (χ1v) is 12.9. The summed E-state index contributed by atoms with van der Waals surface area (Å²) < 4.78 is 44.0. The van der Waals surface area contributed by atoms with Gasteiger partial charge in [0.15, 0.2) is 5.65 Å². The summed E-state index contributed by atoms with van der Waals surface area (Å²) >= 11 is 0. The number of carbonyl (C=O) groups excluding carboxylic acids is 2. The van der Waals surface area contributed by atoms with E-state index in [0.717, 1.165) is 12.8 Å². The number of rotatable bonds is 8. The molecule has 0 aliphatic carbocycles. The minimum atomic E-state index is -4.51. The zero-order chi connectivity index (χ0) is 29.6. The average Bonchev–Trinajstić information content (AvgIpc) is 3.39. The first kappa shape index (κ1) is 29.5. The molecule has 1 aliphatic heterocycles. The molecule has 1 saturated heterocycles. The Morgan fingerprint density at radius 3 is 2.73 bits per heavy atom. The van der Waals surface area contributed by atoms with Crippen LogP contribution in [0.1, 0.15) is 25.3 Å². The number of amides is 3. The van der Waals surface area contributed by atoms with Gasteiger partial charge in [-0.15, -0.1) is 0 Å². The molecule has 1 fully saturated rings. The van der Waals surface area contributed by atoms with Crippen LogP contribution in [0.5, 0.6) is 0 Å². The maximum absolute atomic E-state index is 12.9. The van der Waals surface area contributed by atoms with E-state index in [2.05, 4.69) is 20.4 Å². The summed E-state index contributed by atoms with van der Waals surface area (Å²) in [5.74, 6) is -0.0921. The topological polar surface area (TPSA) is 139 Å². The van der Waals surface area contributed by atoms with E-state index in [9.17, 15) is 22.8 Å². The number of benzene rings is 1. The minimum absolute atomic E-state index is 0.0921. The van der Waals surface area contributed by atoms with Crippen molar-refractivity contribution in [1.82, 2.24) is 24.8 Å². The molecular formula is C27H31F3N8O3. The van der Waals surface area contributed by atoms with Gasteiger partial charge in [-0.1, -0.05) is 12.1 Å². The number of aromatic nitrogens is 3. The lowest BCUT2D eigenvalue weighted by Crippen LogP contribution is -2.44. The van der Waals surface area contributed by atoms with E-state index in [1.165, 1.54) is 12.4 Å². The molecule has 4 rings (SSSR count). The molecule has 0 spiro atoms. The summed E-state index contributed by atoms with van der Waals surface area (Å²) in [7, 11) is 1.78. The summed E-state index contributed by atoms with van der Waals surface area (Å²) in [6.07, 6.45) is 3.15. The molecule has 11 nitrogen and oxygen atoms in total. The van der Waals surface area contributed by atoms with Crippen LogP contribution in [-0.2, 0) is 9.53 Å². The third-order valence-corrected chi connectivity index (χ3v) is 6.62. The van der Waals surface area contributed by atoms with Gasteiger partial charge in [0, 0.05) is 61.1 Å². The number of anilines is 1. The van der Waals surface area contributed by atoms with E-state index >= 15 is 0 Å². The first-order chi connectivity index (χ1) is 19.6. The number of nitrogens with two attached hydrogens (primary N) is 1. The largest absolute Gasteiger partial charge is 0.405 e. The van der Waals surface area contributed by atoms with Gasteiger partial charge in [-0.05, 0) is 38.0 Å². The van der Waals surface area contributed by atoms with Gasteiger partial charge in [0.1, 0.15) is 12.6 Å². The maximum Gasteiger partial charge on any atom is 0.405 e. The summed E-state index contributed by atoms with van der Waals surface area (Å²) in [6, 6.07) is 6.85. The molecule has 218 valence electrons. The van der Waals surface area contributed by atoms with Crippen LogP contribution in [0.3, 0.4) is 0 Å².